The van der Waals surface area contributed by atoms with Gasteiger partial charge < -0.3 is 20.1 Å². The molecule has 1 heterocycles. The van der Waals surface area contributed by atoms with Crippen LogP contribution < -0.4 is 20.1 Å². The fourth-order valence-electron chi connectivity index (χ4n) is 2.56. The minimum absolute atomic E-state index is 0.0220. The van der Waals surface area contributed by atoms with Crippen molar-refractivity contribution >= 4 is 17.9 Å². The largest absolute Gasteiger partial charge is 0.493 e. The summed E-state index contributed by atoms with van der Waals surface area (Å²) in [5, 5.41) is 5.66. The van der Waals surface area contributed by atoms with Crippen LogP contribution >= 0.6 is 0 Å². The Balaban J connectivity index is 2.02. The molecule has 0 aromatic heterocycles. The highest BCUT2D eigenvalue weighted by Gasteiger charge is 2.18. The van der Waals surface area contributed by atoms with Crippen LogP contribution in [0.1, 0.15) is 24.8 Å². The summed E-state index contributed by atoms with van der Waals surface area (Å²) in [5.41, 5.74) is 0.751. The number of rotatable bonds is 5. The lowest BCUT2D eigenvalue weighted by Gasteiger charge is -2.13. The maximum absolute atomic E-state index is 12.1. The second-order valence-electron chi connectivity index (χ2n) is 5.32. The van der Waals surface area contributed by atoms with E-state index < -0.39 is 0 Å². The SMILES string of the molecule is COc1cccc(C=CC(=O)NC2CCCNC(=O)C2)c1OC. The summed E-state index contributed by atoms with van der Waals surface area (Å²) in [5.74, 6) is 0.934. The molecule has 0 saturated carbocycles. The molecule has 2 rings (SSSR count). The van der Waals surface area contributed by atoms with E-state index in [1.807, 2.05) is 12.1 Å². The van der Waals surface area contributed by atoms with Gasteiger partial charge in [0.1, 0.15) is 0 Å². The summed E-state index contributed by atoms with van der Waals surface area (Å²) >= 11 is 0. The number of para-hydroxylation sites is 1. The number of nitrogens with one attached hydrogen (secondary N) is 2. The van der Waals surface area contributed by atoms with Crippen LogP contribution in [0, 0.1) is 0 Å². The van der Waals surface area contributed by atoms with Crippen molar-refractivity contribution in [2.45, 2.75) is 25.3 Å². The number of benzene rings is 1. The highest BCUT2D eigenvalue weighted by molar-refractivity contribution is 5.92. The van der Waals surface area contributed by atoms with E-state index >= 15 is 0 Å². The molecule has 0 radical (unpaired) electrons. The number of carbonyl (C=O) groups is 2. The van der Waals surface area contributed by atoms with E-state index in [2.05, 4.69) is 10.6 Å². The van der Waals surface area contributed by atoms with Crippen molar-refractivity contribution in [2.24, 2.45) is 0 Å². The van der Waals surface area contributed by atoms with Gasteiger partial charge in [0.15, 0.2) is 11.5 Å². The Morgan fingerprint density at radius 1 is 1.35 bits per heavy atom. The molecule has 0 aliphatic carbocycles. The van der Waals surface area contributed by atoms with Gasteiger partial charge in [-0.1, -0.05) is 12.1 Å². The Morgan fingerprint density at radius 3 is 2.91 bits per heavy atom. The first-order valence-corrected chi connectivity index (χ1v) is 7.60. The Kier molecular flexibility index (Phi) is 6.02. The predicted molar refractivity (Wildman–Crippen MR) is 87.4 cm³/mol. The summed E-state index contributed by atoms with van der Waals surface area (Å²) < 4.78 is 10.5. The molecule has 1 aromatic rings. The molecule has 23 heavy (non-hydrogen) atoms. The van der Waals surface area contributed by atoms with E-state index in [4.69, 9.17) is 9.47 Å². The zero-order valence-corrected chi connectivity index (χ0v) is 13.4. The van der Waals surface area contributed by atoms with Gasteiger partial charge in [-0.3, -0.25) is 9.59 Å². The summed E-state index contributed by atoms with van der Waals surface area (Å²) in [6.07, 6.45) is 5.10. The van der Waals surface area contributed by atoms with Gasteiger partial charge in [0.25, 0.3) is 0 Å². The molecule has 1 unspecified atom stereocenters. The van der Waals surface area contributed by atoms with Crippen LogP contribution in [0.4, 0.5) is 0 Å². The van der Waals surface area contributed by atoms with Gasteiger partial charge in [-0.2, -0.15) is 0 Å². The van der Waals surface area contributed by atoms with Gasteiger partial charge in [0, 0.05) is 30.6 Å². The molecule has 1 aliphatic heterocycles. The summed E-state index contributed by atoms with van der Waals surface area (Å²) in [6, 6.07) is 5.33. The van der Waals surface area contributed by atoms with Gasteiger partial charge in [0.05, 0.1) is 14.2 Å². The topological polar surface area (TPSA) is 76.7 Å². The predicted octanol–water partition coefficient (Wildman–Crippen LogP) is 1.50. The molecule has 1 fully saturated rings. The van der Waals surface area contributed by atoms with Crippen LogP contribution in [0.3, 0.4) is 0 Å². The lowest BCUT2D eigenvalue weighted by Crippen LogP contribution is -2.35. The van der Waals surface area contributed by atoms with E-state index in [9.17, 15) is 9.59 Å². The average Bonchev–Trinajstić information content (AvgIpc) is 2.76. The van der Waals surface area contributed by atoms with Crippen LogP contribution in [-0.2, 0) is 9.59 Å². The summed E-state index contributed by atoms with van der Waals surface area (Å²) in [7, 11) is 3.12. The van der Waals surface area contributed by atoms with Crippen molar-refractivity contribution in [2.75, 3.05) is 20.8 Å². The lowest BCUT2D eigenvalue weighted by atomic mass is 10.1. The second-order valence-corrected chi connectivity index (χ2v) is 5.32. The number of hydrogen-bond donors (Lipinski definition) is 2. The van der Waals surface area contributed by atoms with E-state index in [1.54, 1.807) is 26.4 Å². The Hall–Kier alpha value is -2.50. The maximum Gasteiger partial charge on any atom is 0.244 e. The quantitative estimate of drug-likeness (QED) is 0.807. The molecular weight excluding hydrogens is 296 g/mol. The van der Waals surface area contributed by atoms with E-state index in [-0.39, 0.29) is 17.9 Å². The Morgan fingerprint density at radius 2 is 2.17 bits per heavy atom. The maximum atomic E-state index is 12.1. The third kappa shape index (κ3) is 4.74. The monoisotopic (exact) mass is 318 g/mol. The van der Waals surface area contributed by atoms with E-state index in [0.717, 1.165) is 18.4 Å². The van der Waals surface area contributed by atoms with E-state index in [0.29, 0.717) is 24.5 Å². The van der Waals surface area contributed by atoms with Crippen LogP contribution in [0.2, 0.25) is 0 Å². The van der Waals surface area contributed by atoms with Gasteiger partial charge in [-0.05, 0) is 25.0 Å². The molecule has 124 valence electrons. The van der Waals surface area contributed by atoms with Gasteiger partial charge in [0.2, 0.25) is 11.8 Å². The molecule has 0 spiro atoms. The summed E-state index contributed by atoms with van der Waals surface area (Å²) in [6.45, 7) is 0.669. The van der Waals surface area contributed by atoms with Gasteiger partial charge in [-0.15, -0.1) is 0 Å². The van der Waals surface area contributed by atoms with Crippen LogP contribution in [0.15, 0.2) is 24.3 Å². The molecule has 2 N–H and O–H groups in total. The molecule has 1 aliphatic rings. The number of carbonyl (C=O) groups excluding carboxylic acids is 2. The van der Waals surface area contributed by atoms with Crippen LogP contribution in [0.5, 0.6) is 11.5 Å². The highest BCUT2D eigenvalue weighted by Crippen LogP contribution is 2.31. The number of hydrogen-bond acceptors (Lipinski definition) is 4. The molecule has 2 amide bonds. The number of amides is 2. The van der Waals surface area contributed by atoms with Crippen molar-refractivity contribution in [1.29, 1.82) is 0 Å². The van der Waals surface area contributed by atoms with Crippen LogP contribution in [-0.4, -0.2) is 38.6 Å². The Bertz CT molecular complexity index is 598. The van der Waals surface area contributed by atoms with Gasteiger partial charge in [-0.25, -0.2) is 0 Å². The first-order chi connectivity index (χ1) is 11.1. The minimum atomic E-state index is -0.227. The summed E-state index contributed by atoms with van der Waals surface area (Å²) in [4.78, 5) is 23.6. The van der Waals surface area contributed by atoms with Crippen molar-refractivity contribution < 1.29 is 19.1 Å². The number of methoxy groups -OCH3 is 2. The molecular formula is C17H22N2O4. The molecule has 0 bridgehead atoms. The normalized spacial score (nSPS) is 18.2. The minimum Gasteiger partial charge on any atom is -0.493 e. The van der Waals surface area contributed by atoms with Crippen molar-refractivity contribution in [1.82, 2.24) is 10.6 Å². The first kappa shape index (κ1) is 16.9. The standard InChI is InChI=1S/C17H22N2O4/c1-22-14-7-3-5-12(17(14)23-2)8-9-15(20)19-13-6-4-10-18-16(21)11-13/h3,5,7-9,13H,4,6,10-11H2,1-2H3,(H,18,21)(H,19,20). The smallest absolute Gasteiger partial charge is 0.244 e. The van der Waals surface area contributed by atoms with Crippen molar-refractivity contribution in [3.8, 4) is 11.5 Å². The third-order valence-corrected chi connectivity index (χ3v) is 3.68. The molecule has 1 aromatic carbocycles. The second kappa shape index (κ2) is 8.22. The zero-order valence-electron chi connectivity index (χ0n) is 13.4. The lowest BCUT2D eigenvalue weighted by molar-refractivity contribution is -0.121. The highest BCUT2D eigenvalue weighted by atomic mass is 16.5. The fraction of sp³-hybridized carbons (Fsp3) is 0.412. The van der Waals surface area contributed by atoms with Crippen molar-refractivity contribution in [3.05, 3.63) is 29.8 Å². The van der Waals surface area contributed by atoms with E-state index in [1.165, 1.54) is 6.08 Å². The Labute approximate surface area is 135 Å². The average molecular weight is 318 g/mol. The van der Waals surface area contributed by atoms with Crippen LogP contribution in [0.25, 0.3) is 6.08 Å². The zero-order chi connectivity index (χ0) is 16.7. The molecule has 1 atom stereocenters. The third-order valence-electron chi connectivity index (χ3n) is 3.68. The molecule has 6 heteroatoms. The first-order valence-electron chi connectivity index (χ1n) is 7.60. The number of ether oxygens (including phenoxy) is 2. The molecule has 1 saturated heterocycles. The fourth-order valence-corrected chi connectivity index (χ4v) is 2.56. The van der Waals surface area contributed by atoms with Gasteiger partial charge >= 0.3 is 0 Å². The molecule has 6 nitrogen and oxygen atoms in total. The van der Waals surface area contributed by atoms with Crippen molar-refractivity contribution in [3.63, 3.8) is 0 Å².